The van der Waals surface area contributed by atoms with Crippen LogP contribution < -0.4 is 15.2 Å². The summed E-state index contributed by atoms with van der Waals surface area (Å²) in [5, 5.41) is -0.253. The van der Waals surface area contributed by atoms with Gasteiger partial charge in [-0.1, -0.05) is 17.7 Å². The van der Waals surface area contributed by atoms with Gasteiger partial charge in [0.1, 0.15) is 5.25 Å². The molecule has 22 heavy (non-hydrogen) atoms. The summed E-state index contributed by atoms with van der Waals surface area (Å²) in [4.78, 5) is 0.225. The Morgan fingerprint density at radius 1 is 1.09 bits per heavy atom. The van der Waals surface area contributed by atoms with Crippen LogP contribution in [0, 0.1) is 0 Å². The summed E-state index contributed by atoms with van der Waals surface area (Å²) in [6.07, 6.45) is 0. The highest BCUT2D eigenvalue weighted by molar-refractivity contribution is 7.91. The summed E-state index contributed by atoms with van der Waals surface area (Å²) in [5.74, 6) is 1.18. The number of ether oxygens (including phenoxy) is 2. The van der Waals surface area contributed by atoms with Gasteiger partial charge in [-0.25, -0.2) is 8.42 Å². The van der Waals surface area contributed by atoms with Crippen molar-refractivity contribution in [1.82, 2.24) is 0 Å². The van der Waals surface area contributed by atoms with E-state index in [0.29, 0.717) is 22.1 Å². The summed E-state index contributed by atoms with van der Waals surface area (Å²) < 4.78 is 36.2. The third kappa shape index (κ3) is 2.65. The van der Waals surface area contributed by atoms with Crippen LogP contribution >= 0.6 is 11.6 Å². The quantitative estimate of drug-likeness (QED) is 0.920. The number of halogens is 1. The first-order valence-electron chi connectivity index (χ1n) is 6.70. The van der Waals surface area contributed by atoms with Crippen LogP contribution in [-0.4, -0.2) is 21.8 Å². The van der Waals surface area contributed by atoms with E-state index in [1.54, 1.807) is 30.3 Å². The fourth-order valence-corrected chi connectivity index (χ4v) is 4.19. The lowest BCUT2D eigenvalue weighted by Gasteiger charge is -2.15. The summed E-state index contributed by atoms with van der Waals surface area (Å²) in [6, 6.07) is 11.3. The van der Waals surface area contributed by atoms with Gasteiger partial charge in [0.2, 0.25) is 6.79 Å². The highest BCUT2D eigenvalue weighted by Crippen LogP contribution is 2.37. The average molecular weight is 341 g/mol. The van der Waals surface area contributed by atoms with E-state index >= 15 is 0 Å². The normalized spacial score (nSPS) is 14.8. The third-order valence-corrected chi connectivity index (χ3v) is 5.99. The van der Waals surface area contributed by atoms with Crippen molar-refractivity contribution in [3.8, 4) is 11.5 Å². The summed E-state index contributed by atoms with van der Waals surface area (Å²) >= 11 is 5.82. The molecule has 0 aromatic heterocycles. The zero-order chi connectivity index (χ0) is 15.7. The Kier molecular flexibility index (Phi) is 3.99. The van der Waals surface area contributed by atoms with Crippen LogP contribution in [0.15, 0.2) is 47.4 Å². The van der Waals surface area contributed by atoms with Crippen molar-refractivity contribution >= 4 is 21.4 Å². The molecule has 0 saturated heterocycles. The number of quaternary nitrogens is 1. The minimum absolute atomic E-state index is 0.151. The van der Waals surface area contributed by atoms with Crippen molar-refractivity contribution in [2.24, 2.45) is 0 Å². The zero-order valence-corrected chi connectivity index (χ0v) is 13.2. The maximum Gasteiger partial charge on any atom is 0.231 e. The van der Waals surface area contributed by atoms with Gasteiger partial charge in [0.25, 0.3) is 0 Å². The maximum absolute atomic E-state index is 12.8. The first-order valence-corrected chi connectivity index (χ1v) is 8.63. The molecule has 116 valence electrons. The fourth-order valence-electron chi connectivity index (χ4n) is 2.40. The van der Waals surface area contributed by atoms with Crippen LogP contribution in [0.2, 0.25) is 5.02 Å². The van der Waals surface area contributed by atoms with E-state index in [9.17, 15) is 8.42 Å². The molecule has 1 heterocycles. The molecule has 0 fully saturated rings. The average Bonchev–Trinajstić information content (AvgIpc) is 2.96. The third-order valence-electron chi connectivity index (χ3n) is 3.55. The number of benzene rings is 2. The fraction of sp³-hybridized carbons (Fsp3) is 0.200. The van der Waals surface area contributed by atoms with Gasteiger partial charge in [-0.3, -0.25) is 0 Å². The zero-order valence-electron chi connectivity index (χ0n) is 11.7. The Morgan fingerprint density at radius 2 is 1.77 bits per heavy atom. The van der Waals surface area contributed by atoms with Crippen molar-refractivity contribution in [3.63, 3.8) is 0 Å². The number of rotatable bonds is 4. The number of hydrogen-bond acceptors (Lipinski definition) is 4. The molecule has 2 aromatic rings. The number of fused-ring (bicyclic) bond motifs is 1. The smallest absolute Gasteiger partial charge is 0.231 e. The monoisotopic (exact) mass is 340 g/mol. The highest BCUT2D eigenvalue weighted by Gasteiger charge is 2.31. The van der Waals surface area contributed by atoms with Gasteiger partial charge >= 0.3 is 0 Å². The SMILES string of the molecule is [NH3+]C[C@@H](c1ccc2c(c1)OCO2)S(=O)(=O)c1ccc(Cl)cc1. The lowest BCUT2D eigenvalue weighted by atomic mass is 10.1. The Morgan fingerprint density at radius 3 is 2.45 bits per heavy atom. The molecule has 0 amide bonds. The Labute approximate surface area is 133 Å². The van der Waals surface area contributed by atoms with Gasteiger partial charge in [-0.15, -0.1) is 0 Å². The van der Waals surface area contributed by atoms with Gasteiger partial charge in [-0.05, 0) is 42.0 Å². The van der Waals surface area contributed by atoms with Gasteiger partial charge in [0.05, 0.1) is 11.4 Å². The Hall–Kier alpha value is -1.76. The number of hydrogen-bond donors (Lipinski definition) is 1. The Balaban J connectivity index is 2.01. The Bertz CT molecular complexity index is 790. The van der Waals surface area contributed by atoms with Crippen molar-refractivity contribution in [3.05, 3.63) is 53.1 Å². The van der Waals surface area contributed by atoms with E-state index in [1.165, 1.54) is 12.1 Å². The van der Waals surface area contributed by atoms with Crippen molar-refractivity contribution in [2.45, 2.75) is 10.1 Å². The van der Waals surface area contributed by atoms with Crippen molar-refractivity contribution < 1.29 is 23.6 Å². The molecule has 7 heteroatoms. The van der Waals surface area contributed by atoms with Crippen molar-refractivity contribution in [1.29, 1.82) is 0 Å². The van der Waals surface area contributed by atoms with Gasteiger partial charge in [0.15, 0.2) is 21.3 Å². The van der Waals surface area contributed by atoms with E-state index in [-0.39, 0.29) is 18.2 Å². The number of sulfone groups is 1. The molecule has 0 saturated carbocycles. The van der Waals surface area contributed by atoms with E-state index in [2.05, 4.69) is 5.73 Å². The summed E-state index contributed by atoms with van der Waals surface area (Å²) in [6.45, 7) is 0.363. The topological polar surface area (TPSA) is 80.2 Å². The molecular weight excluding hydrogens is 326 g/mol. The largest absolute Gasteiger partial charge is 0.454 e. The molecule has 1 aliphatic heterocycles. The molecule has 0 aliphatic carbocycles. The van der Waals surface area contributed by atoms with E-state index < -0.39 is 15.1 Å². The lowest BCUT2D eigenvalue weighted by molar-refractivity contribution is -0.367. The predicted molar refractivity (Wildman–Crippen MR) is 81.7 cm³/mol. The van der Waals surface area contributed by atoms with E-state index in [4.69, 9.17) is 21.1 Å². The predicted octanol–water partition coefficient (Wildman–Crippen LogP) is 1.83. The summed E-state index contributed by atoms with van der Waals surface area (Å²) in [5.41, 5.74) is 4.42. The first kappa shape index (κ1) is 15.1. The highest BCUT2D eigenvalue weighted by atomic mass is 35.5. The lowest BCUT2D eigenvalue weighted by Crippen LogP contribution is -2.54. The first-order chi connectivity index (χ1) is 10.5. The molecule has 0 spiro atoms. The second-order valence-corrected chi connectivity index (χ2v) is 7.46. The van der Waals surface area contributed by atoms with Crippen LogP contribution in [-0.2, 0) is 9.84 Å². The molecule has 0 radical (unpaired) electrons. The van der Waals surface area contributed by atoms with E-state index in [0.717, 1.165) is 0 Å². The van der Waals surface area contributed by atoms with Crippen LogP contribution in [0.1, 0.15) is 10.8 Å². The molecule has 5 nitrogen and oxygen atoms in total. The molecule has 1 atom stereocenters. The van der Waals surface area contributed by atoms with Gasteiger partial charge in [-0.2, -0.15) is 0 Å². The molecule has 3 N–H and O–H groups in total. The van der Waals surface area contributed by atoms with Crippen LogP contribution in [0.5, 0.6) is 11.5 Å². The molecule has 0 unspecified atom stereocenters. The minimum Gasteiger partial charge on any atom is -0.454 e. The standard InChI is InChI=1S/C15H14ClNO4S/c16-11-2-4-12(5-3-11)22(18,19)15(8-17)10-1-6-13-14(7-10)21-9-20-13/h1-7,15H,8-9,17H2/p+1/t15-/m0/s1. The molecule has 2 aromatic carbocycles. The van der Waals surface area contributed by atoms with Crippen molar-refractivity contribution in [2.75, 3.05) is 13.3 Å². The molecule has 3 rings (SSSR count). The molecule has 0 bridgehead atoms. The second kappa shape index (κ2) is 5.79. The van der Waals surface area contributed by atoms with E-state index in [1.807, 2.05) is 0 Å². The van der Waals surface area contributed by atoms with Crippen LogP contribution in [0.25, 0.3) is 0 Å². The second-order valence-electron chi connectivity index (χ2n) is 4.89. The van der Waals surface area contributed by atoms with Crippen LogP contribution in [0.3, 0.4) is 0 Å². The molecular formula is C15H15ClNO4S+. The van der Waals surface area contributed by atoms with Gasteiger partial charge < -0.3 is 15.2 Å². The minimum atomic E-state index is -3.56. The van der Waals surface area contributed by atoms with Crippen LogP contribution in [0.4, 0.5) is 0 Å². The van der Waals surface area contributed by atoms with Gasteiger partial charge in [0, 0.05) is 5.02 Å². The summed E-state index contributed by atoms with van der Waals surface area (Å²) in [7, 11) is -3.56. The maximum atomic E-state index is 12.8. The molecule has 1 aliphatic rings.